The minimum atomic E-state index is -0.660. The highest BCUT2D eigenvalue weighted by Gasteiger charge is 2.55. The molecule has 2 aliphatic rings. The fourth-order valence-electron chi connectivity index (χ4n) is 3.94. The SMILES string of the molecule is Cc1noc(C)c1CN1C(=O)CC2(CCc3ccccc32)C1=O. The van der Waals surface area contributed by atoms with Gasteiger partial charge < -0.3 is 4.52 Å². The van der Waals surface area contributed by atoms with Crippen LogP contribution in [0.15, 0.2) is 28.8 Å². The highest BCUT2D eigenvalue weighted by Crippen LogP contribution is 2.47. The summed E-state index contributed by atoms with van der Waals surface area (Å²) in [5.41, 5.74) is 3.12. The summed E-state index contributed by atoms with van der Waals surface area (Å²) in [5, 5.41) is 3.91. The summed E-state index contributed by atoms with van der Waals surface area (Å²) in [6, 6.07) is 7.98. The molecule has 1 aromatic heterocycles. The quantitative estimate of drug-likeness (QED) is 0.799. The van der Waals surface area contributed by atoms with E-state index in [4.69, 9.17) is 4.52 Å². The fourth-order valence-corrected chi connectivity index (χ4v) is 3.94. The summed E-state index contributed by atoms with van der Waals surface area (Å²) >= 11 is 0. The molecule has 4 rings (SSSR count). The summed E-state index contributed by atoms with van der Waals surface area (Å²) in [6.45, 7) is 3.89. The normalized spacial score (nSPS) is 23.1. The number of carbonyl (C=O) groups is 2. The molecule has 118 valence electrons. The van der Waals surface area contributed by atoms with Crippen LogP contribution in [0.3, 0.4) is 0 Å². The van der Waals surface area contributed by atoms with Gasteiger partial charge in [-0.15, -0.1) is 0 Å². The summed E-state index contributed by atoms with van der Waals surface area (Å²) < 4.78 is 5.15. The van der Waals surface area contributed by atoms with Crippen LogP contribution in [0.4, 0.5) is 0 Å². The summed E-state index contributed by atoms with van der Waals surface area (Å²) in [4.78, 5) is 27.0. The van der Waals surface area contributed by atoms with Crippen LogP contribution in [0.5, 0.6) is 0 Å². The molecule has 1 aliphatic heterocycles. The van der Waals surface area contributed by atoms with E-state index in [0.29, 0.717) is 5.76 Å². The number of imide groups is 1. The molecule has 1 aromatic carbocycles. The molecule has 2 aromatic rings. The van der Waals surface area contributed by atoms with Gasteiger partial charge in [-0.3, -0.25) is 14.5 Å². The number of benzene rings is 1. The first-order valence-corrected chi connectivity index (χ1v) is 7.88. The molecule has 2 heterocycles. The van der Waals surface area contributed by atoms with Gasteiger partial charge in [-0.05, 0) is 37.8 Å². The number of amides is 2. The fraction of sp³-hybridized carbons (Fsp3) is 0.389. The summed E-state index contributed by atoms with van der Waals surface area (Å²) in [6.07, 6.45) is 1.84. The van der Waals surface area contributed by atoms with Gasteiger partial charge in [0.15, 0.2) is 0 Å². The van der Waals surface area contributed by atoms with Crippen molar-refractivity contribution in [2.45, 2.75) is 45.1 Å². The molecule has 5 nitrogen and oxygen atoms in total. The zero-order valence-corrected chi connectivity index (χ0v) is 13.3. The Labute approximate surface area is 134 Å². The average molecular weight is 310 g/mol. The average Bonchev–Trinajstić information content (AvgIpc) is 3.14. The summed E-state index contributed by atoms with van der Waals surface area (Å²) in [7, 11) is 0. The van der Waals surface area contributed by atoms with E-state index in [1.807, 2.05) is 25.1 Å². The van der Waals surface area contributed by atoms with Crippen LogP contribution < -0.4 is 0 Å². The van der Waals surface area contributed by atoms with Crippen molar-refractivity contribution in [2.75, 3.05) is 0 Å². The van der Waals surface area contributed by atoms with Crippen LogP contribution in [0.25, 0.3) is 0 Å². The van der Waals surface area contributed by atoms with Crippen molar-refractivity contribution in [2.24, 2.45) is 0 Å². The standard InChI is InChI=1S/C18H18N2O3/c1-11-14(12(2)23-19-11)10-20-16(21)9-18(17(20)22)8-7-13-5-3-4-6-15(13)18/h3-6H,7-10H2,1-2H3. The molecule has 1 aliphatic carbocycles. The second-order valence-corrected chi connectivity index (χ2v) is 6.50. The number of rotatable bonds is 2. The summed E-state index contributed by atoms with van der Waals surface area (Å²) in [5.74, 6) is 0.482. The van der Waals surface area contributed by atoms with Crippen molar-refractivity contribution < 1.29 is 14.1 Å². The van der Waals surface area contributed by atoms with Crippen molar-refractivity contribution in [1.82, 2.24) is 10.1 Å². The zero-order valence-electron chi connectivity index (χ0n) is 13.3. The minimum absolute atomic E-state index is 0.0764. The number of nitrogens with zero attached hydrogens (tertiary/aromatic N) is 2. The molecule has 1 fully saturated rings. The maximum Gasteiger partial charge on any atom is 0.240 e. The van der Waals surface area contributed by atoms with Crippen LogP contribution >= 0.6 is 0 Å². The van der Waals surface area contributed by atoms with Crippen LogP contribution in [0.2, 0.25) is 0 Å². The van der Waals surface area contributed by atoms with E-state index in [-0.39, 0.29) is 24.8 Å². The molecule has 1 unspecified atom stereocenters. The first-order valence-electron chi connectivity index (χ1n) is 7.88. The maximum absolute atomic E-state index is 13.1. The van der Waals surface area contributed by atoms with Crippen LogP contribution in [0, 0.1) is 13.8 Å². The molecule has 0 saturated carbocycles. The predicted octanol–water partition coefficient (Wildman–Crippen LogP) is 2.43. The molecule has 23 heavy (non-hydrogen) atoms. The van der Waals surface area contributed by atoms with E-state index in [1.165, 1.54) is 10.5 Å². The van der Waals surface area contributed by atoms with Gasteiger partial charge in [-0.25, -0.2) is 0 Å². The third-order valence-electron chi connectivity index (χ3n) is 5.26. The van der Waals surface area contributed by atoms with Crippen molar-refractivity contribution in [3.63, 3.8) is 0 Å². The van der Waals surface area contributed by atoms with E-state index in [2.05, 4.69) is 11.2 Å². The number of likely N-dealkylation sites (tertiary alicyclic amines) is 1. The third kappa shape index (κ3) is 1.89. The van der Waals surface area contributed by atoms with Gasteiger partial charge in [0, 0.05) is 12.0 Å². The van der Waals surface area contributed by atoms with E-state index >= 15 is 0 Å². The number of hydrogen-bond acceptors (Lipinski definition) is 4. The minimum Gasteiger partial charge on any atom is -0.361 e. The molecule has 1 atom stereocenters. The number of carbonyl (C=O) groups excluding carboxylic acids is 2. The predicted molar refractivity (Wildman–Crippen MR) is 82.6 cm³/mol. The molecule has 0 bridgehead atoms. The van der Waals surface area contributed by atoms with Gasteiger partial charge in [-0.1, -0.05) is 29.4 Å². The van der Waals surface area contributed by atoms with E-state index < -0.39 is 5.41 Å². The number of aromatic nitrogens is 1. The molecule has 2 amide bonds. The van der Waals surface area contributed by atoms with Gasteiger partial charge >= 0.3 is 0 Å². The first-order chi connectivity index (χ1) is 11.0. The topological polar surface area (TPSA) is 63.4 Å². The lowest BCUT2D eigenvalue weighted by Gasteiger charge is -2.22. The van der Waals surface area contributed by atoms with Gasteiger partial charge in [-0.2, -0.15) is 0 Å². The van der Waals surface area contributed by atoms with Crippen LogP contribution in [-0.2, 0) is 28.0 Å². The highest BCUT2D eigenvalue weighted by atomic mass is 16.5. The van der Waals surface area contributed by atoms with Gasteiger partial charge in [0.25, 0.3) is 0 Å². The maximum atomic E-state index is 13.1. The van der Waals surface area contributed by atoms with E-state index in [1.54, 1.807) is 6.92 Å². The van der Waals surface area contributed by atoms with Crippen molar-refractivity contribution >= 4 is 11.8 Å². The Bertz CT molecular complexity index is 804. The largest absolute Gasteiger partial charge is 0.361 e. The second-order valence-electron chi connectivity index (χ2n) is 6.50. The van der Waals surface area contributed by atoms with Gasteiger partial charge in [0.05, 0.1) is 17.7 Å². The third-order valence-corrected chi connectivity index (χ3v) is 5.26. The molecule has 1 saturated heterocycles. The lowest BCUT2D eigenvalue weighted by Crippen LogP contribution is -2.37. The van der Waals surface area contributed by atoms with Crippen molar-refractivity contribution in [1.29, 1.82) is 0 Å². The molecular weight excluding hydrogens is 292 g/mol. The Hall–Kier alpha value is -2.43. The van der Waals surface area contributed by atoms with Crippen molar-refractivity contribution in [3.05, 3.63) is 52.4 Å². The Balaban J connectivity index is 1.71. The molecule has 0 N–H and O–H groups in total. The van der Waals surface area contributed by atoms with Gasteiger partial charge in [0.1, 0.15) is 5.76 Å². The molecule has 0 radical (unpaired) electrons. The Morgan fingerprint density at radius 1 is 1.26 bits per heavy atom. The lowest BCUT2D eigenvalue weighted by atomic mass is 9.80. The Kier molecular flexibility index (Phi) is 2.95. The second kappa shape index (κ2) is 4.78. The van der Waals surface area contributed by atoms with Crippen LogP contribution in [-0.4, -0.2) is 21.9 Å². The number of hydrogen-bond donors (Lipinski definition) is 0. The van der Waals surface area contributed by atoms with E-state index in [0.717, 1.165) is 29.7 Å². The molecule has 1 spiro atoms. The molecule has 5 heteroatoms. The Morgan fingerprint density at radius 3 is 2.78 bits per heavy atom. The highest BCUT2D eigenvalue weighted by molar-refractivity contribution is 6.09. The van der Waals surface area contributed by atoms with Crippen molar-refractivity contribution in [3.8, 4) is 0 Å². The Morgan fingerprint density at radius 2 is 2.04 bits per heavy atom. The number of aryl methyl sites for hydroxylation is 3. The number of fused-ring (bicyclic) bond motifs is 2. The smallest absolute Gasteiger partial charge is 0.240 e. The first kappa shape index (κ1) is 14.2. The van der Waals surface area contributed by atoms with Crippen LogP contribution in [0.1, 0.15) is 41.0 Å². The van der Waals surface area contributed by atoms with E-state index in [9.17, 15) is 9.59 Å². The monoisotopic (exact) mass is 310 g/mol. The lowest BCUT2D eigenvalue weighted by molar-refractivity contribution is -0.140. The zero-order chi connectivity index (χ0) is 16.2. The van der Waals surface area contributed by atoms with Gasteiger partial charge in [0.2, 0.25) is 11.8 Å². The molecular formula is C18H18N2O3.